The lowest BCUT2D eigenvalue weighted by Crippen LogP contribution is -2.51. The molecule has 0 saturated heterocycles. The summed E-state index contributed by atoms with van der Waals surface area (Å²) in [5, 5.41) is 10.4. The summed E-state index contributed by atoms with van der Waals surface area (Å²) in [5.74, 6) is 0. The number of aliphatic hydroxyl groups is 1. The Bertz CT molecular complexity index is 203. The highest BCUT2D eigenvalue weighted by Gasteiger charge is 2.39. The van der Waals surface area contributed by atoms with Crippen LogP contribution in [0.5, 0.6) is 0 Å². The molecule has 0 amide bonds. The fraction of sp³-hybridized carbons (Fsp3) is 1.00. The maximum Gasteiger partial charge on any atom is 0.0746 e. The van der Waals surface area contributed by atoms with Crippen LogP contribution in [0.4, 0.5) is 0 Å². The molecule has 2 atom stereocenters. The van der Waals surface area contributed by atoms with Crippen molar-refractivity contribution in [1.29, 1.82) is 0 Å². The summed E-state index contributed by atoms with van der Waals surface area (Å²) in [4.78, 5) is 2.38. The van der Waals surface area contributed by atoms with Gasteiger partial charge in [-0.3, -0.25) is 0 Å². The van der Waals surface area contributed by atoms with E-state index in [0.29, 0.717) is 6.04 Å². The van der Waals surface area contributed by atoms with Crippen LogP contribution in [0.15, 0.2) is 0 Å². The van der Waals surface area contributed by atoms with Gasteiger partial charge in [0.2, 0.25) is 0 Å². The summed E-state index contributed by atoms with van der Waals surface area (Å²) in [6.07, 6.45) is 7.25. The molecule has 0 bridgehead atoms. The van der Waals surface area contributed by atoms with Crippen molar-refractivity contribution >= 4 is 0 Å². The second-order valence-corrected chi connectivity index (χ2v) is 6.08. The summed E-state index contributed by atoms with van der Waals surface area (Å²) in [6.45, 7) is 7.76. The zero-order chi connectivity index (χ0) is 12.2. The molecule has 0 radical (unpaired) electrons. The monoisotopic (exact) mass is 227 g/mol. The van der Waals surface area contributed by atoms with Gasteiger partial charge in [0.1, 0.15) is 0 Å². The fourth-order valence-electron chi connectivity index (χ4n) is 2.83. The summed E-state index contributed by atoms with van der Waals surface area (Å²) in [5.41, 5.74) is 0.0991. The van der Waals surface area contributed by atoms with Crippen molar-refractivity contribution in [3.05, 3.63) is 0 Å². The lowest BCUT2D eigenvalue weighted by Gasteiger charge is -2.44. The van der Waals surface area contributed by atoms with Crippen molar-refractivity contribution in [2.24, 2.45) is 5.41 Å². The van der Waals surface area contributed by atoms with Crippen LogP contribution in [0.2, 0.25) is 0 Å². The van der Waals surface area contributed by atoms with E-state index < -0.39 is 0 Å². The van der Waals surface area contributed by atoms with Crippen LogP contribution in [-0.4, -0.2) is 35.7 Å². The molecule has 0 aromatic carbocycles. The molecule has 0 spiro atoms. The standard InChI is InChI=1S/C14H29NO/c1-5-6-7-11-15(4)12-9-8-10-14(2,3)13(12)16/h12-13,16H,5-11H2,1-4H3. The lowest BCUT2D eigenvalue weighted by molar-refractivity contribution is -0.0505. The van der Waals surface area contributed by atoms with E-state index in [-0.39, 0.29) is 11.5 Å². The zero-order valence-electron chi connectivity index (χ0n) is 11.5. The van der Waals surface area contributed by atoms with Gasteiger partial charge in [-0.05, 0) is 38.3 Å². The molecule has 16 heavy (non-hydrogen) atoms. The molecule has 1 fully saturated rings. The minimum absolute atomic E-state index is 0.0991. The number of rotatable bonds is 5. The van der Waals surface area contributed by atoms with E-state index in [9.17, 15) is 5.11 Å². The van der Waals surface area contributed by atoms with Crippen LogP contribution < -0.4 is 0 Å². The lowest BCUT2D eigenvalue weighted by atomic mass is 9.72. The predicted octanol–water partition coefficient (Wildman–Crippen LogP) is 3.05. The van der Waals surface area contributed by atoms with E-state index >= 15 is 0 Å². The van der Waals surface area contributed by atoms with Crippen molar-refractivity contribution in [1.82, 2.24) is 4.90 Å². The Hall–Kier alpha value is -0.0800. The van der Waals surface area contributed by atoms with Gasteiger partial charge in [-0.25, -0.2) is 0 Å². The summed E-state index contributed by atoms with van der Waals surface area (Å²) in [6, 6.07) is 0.376. The van der Waals surface area contributed by atoms with E-state index in [1.807, 2.05) is 0 Å². The Balaban J connectivity index is 2.45. The van der Waals surface area contributed by atoms with Crippen molar-refractivity contribution in [3.8, 4) is 0 Å². The first-order chi connectivity index (χ1) is 7.49. The van der Waals surface area contributed by atoms with Crippen LogP contribution in [-0.2, 0) is 0 Å². The van der Waals surface area contributed by atoms with Gasteiger partial charge in [0, 0.05) is 6.04 Å². The van der Waals surface area contributed by atoms with Gasteiger partial charge < -0.3 is 10.0 Å². The van der Waals surface area contributed by atoms with E-state index in [2.05, 4.69) is 32.7 Å². The van der Waals surface area contributed by atoms with E-state index in [0.717, 1.165) is 19.4 Å². The maximum absolute atomic E-state index is 10.4. The Labute approximate surface area is 101 Å². The number of unbranched alkanes of at least 4 members (excludes halogenated alkanes) is 2. The minimum Gasteiger partial charge on any atom is -0.391 e. The highest BCUT2D eigenvalue weighted by atomic mass is 16.3. The molecule has 0 heterocycles. The molecule has 1 aliphatic rings. The molecule has 2 unspecified atom stereocenters. The molecule has 2 nitrogen and oxygen atoms in total. The smallest absolute Gasteiger partial charge is 0.0746 e. The third-order valence-electron chi connectivity index (χ3n) is 4.17. The summed E-state index contributed by atoms with van der Waals surface area (Å²) < 4.78 is 0. The van der Waals surface area contributed by atoms with Crippen molar-refractivity contribution in [2.45, 2.75) is 71.4 Å². The first-order valence-corrected chi connectivity index (χ1v) is 6.87. The second-order valence-electron chi connectivity index (χ2n) is 6.08. The maximum atomic E-state index is 10.4. The van der Waals surface area contributed by atoms with Gasteiger partial charge in [-0.2, -0.15) is 0 Å². The van der Waals surface area contributed by atoms with Crippen LogP contribution in [0.3, 0.4) is 0 Å². The number of hydrogen-bond acceptors (Lipinski definition) is 2. The molecule has 1 rings (SSSR count). The average molecular weight is 227 g/mol. The summed E-state index contributed by atoms with van der Waals surface area (Å²) in [7, 11) is 2.17. The van der Waals surface area contributed by atoms with Crippen LogP contribution in [0.1, 0.15) is 59.3 Å². The van der Waals surface area contributed by atoms with Crippen LogP contribution in [0, 0.1) is 5.41 Å². The normalized spacial score (nSPS) is 29.6. The van der Waals surface area contributed by atoms with Gasteiger partial charge in [0.15, 0.2) is 0 Å². The van der Waals surface area contributed by atoms with E-state index in [1.165, 1.54) is 25.7 Å². The van der Waals surface area contributed by atoms with Gasteiger partial charge in [0.05, 0.1) is 6.10 Å². The van der Waals surface area contributed by atoms with Gasteiger partial charge in [0.25, 0.3) is 0 Å². The SMILES string of the molecule is CCCCCN(C)C1CCCC(C)(C)C1O. The van der Waals surface area contributed by atoms with Crippen molar-refractivity contribution in [3.63, 3.8) is 0 Å². The molecule has 2 heteroatoms. The zero-order valence-corrected chi connectivity index (χ0v) is 11.5. The largest absolute Gasteiger partial charge is 0.391 e. The van der Waals surface area contributed by atoms with Gasteiger partial charge in [-0.15, -0.1) is 0 Å². The first kappa shape index (κ1) is 14.0. The Morgan fingerprint density at radius 2 is 2.00 bits per heavy atom. The molecular formula is C14H29NO. The van der Waals surface area contributed by atoms with E-state index in [4.69, 9.17) is 0 Å². The number of hydrogen-bond donors (Lipinski definition) is 1. The quantitative estimate of drug-likeness (QED) is 0.730. The Morgan fingerprint density at radius 1 is 1.31 bits per heavy atom. The van der Waals surface area contributed by atoms with Gasteiger partial charge in [-0.1, -0.05) is 40.0 Å². The first-order valence-electron chi connectivity index (χ1n) is 6.87. The number of likely N-dealkylation sites (N-methyl/N-ethyl adjacent to an activating group) is 1. The Morgan fingerprint density at radius 3 is 2.62 bits per heavy atom. The molecule has 1 N–H and O–H groups in total. The topological polar surface area (TPSA) is 23.5 Å². The molecule has 96 valence electrons. The average Bonchev–Trinajstić information content (AvgIpc) is 2.22. The third kappa shape index (κ3) is 3.46. The molecule has 1 saturated carbocycles. The molecular weight excluding hydrogens is 198 g/mol. The molecule has 0 aromatic rings. The molecule has 0 aromatic heterocycles. The van der Waals surface area contributed by atoms with Crippen LogP contribution in [0.25, 0.3) is 0 Å². The fourth-order valence-corrected chi connectivity index (χ4v) is 2.83. The van der Waals surface area contributed by atoms with Crippen molar-refractivity contribution in [2.75, 3.05) is 13.6 Å². The van der Waals surface area contributed by atoms with Gasteiger partial charge >= 0.3 is 0 Å². The number of aliphatic hydroxyl groups excluding tert-OH is 1. The number of nitrogens with zero attached hydrogens (tertiary/aromatic N) is 1. The van der Waals surface area contributed by atoms with E-state index in [1.54, 1.807) is 0 Å². The van der Waals surface area contributed by atoms with Crippen LogP contribution >= 0.6 is 0 Å². The Kier molecular flexibility index (Phi) is 5.26. The predicted molar refractivity (Wildman–Crippen MR) is 69.6 cm³/mol. The molecule has 0 aliphatic heterocycles. The highest BCUT2D eigenvalue weighted by Crippen LogP contribution is 2.37. The highest BCUT2D eigenvalue weighted by molar-refractivity contribution is 4.92. The third-order valence-corrected chi connectivity index (χ3v) is 4.17. The molecule has 1 aliphatic carbocycles. The summed E-state index contributed by atoms with van der Waals surface area (Å²) >= 11 is 0. The minimum atomic E-state index is -0.159. The second kappa shape index (κ2) is 6.02. The van der Waals surface area contributed by atoms with Crippen molar-refractivity contribution < 1.29 is 5.11 Å².